The molecule has 31 heavy (non-hydrogen) atoms. The molecule has 1 amide bonds. The molecule has 0 bridgehead atoms. The molecule has 0 heterocycles. The van der Waals surface area contributed by atoms with E-state index < -0.39 is 28.5 Å². The molecule has 2 aromatic carbocycles. The van der Waals surface area contributed by atoms with Crippen molar-refractivity contribution in [1.29, 1.82) is 0 Å². The lowest BCUT2D eigenvalue weighted by Crippen LogP contribution is -2.26. The van der Waals surface area contributed by atoms with Crippen molar-refractivity contribution in [3.63, 3.8) is 0 Å². The minimum absolute atomic E-state index is 0.108. The van der Waals surface area contributed by atoms with Gasteiger partial charge in [-0.25, -0.2) is 13.2 Å². The van der Waals surface area contributed by atoms with Gasteiger partial charge in [0.1, 0.15) is 10.6 Å². The van der Waals surface area contributed by atoms with Gasteiger partial charge in [0.25, 0.3) is 15.9 Å². The Labute approximate surface area is 189 Å². The average Bonchev–Trinajstić information content (AvgIpc) is 2.73. The molecule has 0 aliphatic heterocycles. The Kier molecular flexibility index (Phi) is 8.27. The molecule has 168 valence electrons. The molecular formula is C19H20Cl2N2O7S. The highest BCUT2D eigenvalue weighted by Gasteiger charge is 2.25. The maximum atomic E-state index is 12.4. The van der Waals surface area contributed by atoms with Crippen molar-refractivity contribution >= 4 is 50.8 Å². The molecule has 9 nitrogen and oxygen atoms in total. The number of esters is 1. The predicted molar refractivity (Wildman–Crippen MR) is 115 cm³/mol. The predicted octanol–water partition coefficient (Wildman–Crippen LogP) is 3.29. The number of rotatable bonds is 8. The number of benzene rings is 2. The largest absolute Gasteiger partial charge is 0.495 e. The van der Waals surface area contributed by atoms with E-state index in [1.165, 1.54) is 33.4 Å². The molecule has 0 fully saturated rings. The number of sulfonamides is 1. The smallest absolute Gasteiger partial charge is 0.338 e. The molecule has 2 rings (SSSR count). The summed E-state index contributed by atoms with van der Waals surface area (Å²) in [7, 11) is -0.335. The van der Waals surface area contributed by atoms with E-state index in [2.05, 4.69) is 5.32 Å². The number of carbonyl (C=O) groups is 2. The van der Waals surface area contributed by atoms with E-state index in [0.29, 0.717) is 26.5 Å². The van der Waals surface area contributed by atoms with E-state index in [-0.39, 0.29) is 15.5 Å². The molecule has 0 radical (unpaired) electrons. The van der Waals surface area contributed by atoms with Gasteiger partial charge in [-0.2, -0.15) is 0 Å². The third-order valence-electron chi connectivity index (χ3n) is 4.13. The molecule has 2 aromatic rings. The van der Waals surface area contributed by atoms with Gasteiger partial charge in [0, 0.05) is 18.1 Å². The first kappa shape index (κ1) is 24.9. The van der Waals surface area contributed by atoms with Crippen LogP contribution in [-0.4, -0.2) is 52.6 Å². The van der Waals surface area contributed by atoms with Crippen LogP contribution in [0.2, 0.25) is 10.0 Å². The topological polar surface area (TPSA) is 111 Å². The van der Waals surface area contributed by atoms with Gasteiger partial charge in [-0.1, -0.05) is 27.7 Å². The number of carbonyl (C=O) groups excluding carboxylic acids is 2. The third kappa shape index (κ3) is 5.86. The second-order valence-electron chi connectivity index (χ2n) is 6.17. The summed E-state index contributed by atoms with van der Waals surface area (Å²) in [6.07, 6.45) is 0. The number of nitrogens with zero attached hydrogens (tertiary/aromatic N) is 1. The summed E-state index contributed by atoms with van der Waals surface area (Å²) < 4.78 is 35.6. The number of aryl methyl sites for hydroxylation is 1. The van der Waals surface area contributed by atoms with Gasteiger partial charge in [0.2, 0.25) is 0 Å². The highest BCUT2D eigenvalue weighted by atomic mass is 35.5. The minimum atomic E-state index is -4.10. The number of methoxy groups -OCH3 is 1. The molecule has 0 aromatic heterocycles. The van der Waals surface area contributed by atoms with E-state index in [9.17, 15) is 18.0 Å². The highest BCUT2D eigenvalue weighted by molar-refractivity contribution is 7.89. The van der Waals surface area contributed by atoms with Gasteiger partial charge in [0.05, 0.1) is 30.5 Å². The minimum Gasteiger partial charge on any atom is -0.495 e. The third-order valence-corrected chi connectivity index (χ3v) is 6.70. The summed E-state index contributed by atoms with van der Waals surface area (Å²) in [5.74, 6) is -1.21. The fraction of sp³-hybridized carbons (Fsp3) is 0.263. The summed E-state index contributed by atoms with van der Waals surface area (Å²) in [6.45, 7) is 1.14. The SMILES string of the molecule is COc1cc(Cl)c(C)cc1NC(=O)COC(=O)c1ccc(Cl)c(S(=O)(=O)N(C)OC)c1. The Morgan fingerprint density at radius 3 is 2.39 bits per heavy atom. The Morgan fingerprint density at radius 1 is 1.10 bits per heavy atom. The maximum Gasteiger partial charge on any atom is 0.338 e. The maximum absolute atomic E-state index is 12.4. The van der Waals surface area contributed by atoms with Crippen molar-refractivity contribution in [1.82, 2.24) is 4.47 Å². The summed E-state index contributed by atoms with van der Waals surface area (Å²) >= 11 is 12.0. The lowest BCUT2D eigenvalue weighted by molar-refractivity contribution is -0.119. The van der Waals surface area contributed by atoms with Crippen LogP contribution in [0.5, 0.6) is 5.75 Å². The molecule has 0 atom stereocenters. The number of amides is 1. The van der Waals surface area contributed by atoms with E-state index in [0.717, 1.165) is 6.07 Å². The first-order valence-corrected chi connectivity index (χ1v) is 10.8. The van der Waals surface area contributed by atoms with Crippen LogP contribution < -0.4 is 10.1 Å². The average molecular weight is 491 g/mol. The van der Waals surface area contributed by atoms with Gasteiger partial charge in [-0.15, -0.1) is 0 Å². The molecule has 0 unspecified atom stereocenters. The standard InChI is InChI=1S/C19H20Cl2N2O7S/c1-11-7-15(16(28-3)9-14(11)21)22-18(24)10-30-19(25)12-5-6-13(20)17(8-12)31(26,27)23(2)29-4/h5-9H,10H2,1-4H3,(H,22,24). The second-order valence-corrected chi connectivity index (χ2v) is 8.89. The summed E-state index contributed by atoms with van der Waals surface area (Å²) in [4.78, 5) is 28.9. The lowest BCUT2D eigenvalue weighted by atomic mass is 10.2. The summed E-state index contributed by atoms with van der Waals surface area (Å²) in [6, 6.07) is 6.71. The van der Waals surface area contributed by atoms with Crippen molar-refractivity contribution in [3.05, 3.63) is 51.5 Å². The molecule has 12 heteroatoms. The molecule has 1 N–H and O–H groups in total. The van der Waals surface area contributed by atoms with Gasteiger partial charge < -0.3 is 14.8 Å². The number of hydrogen-bond donors (Lipinski definition) is 1. The fourth-order valence-electron chi connectivity index (χ4n) is 2.40. The number of hydrogen-bond acceptors (Lipinski definition) is 7. The zero-order valence-electron chi connectivity index (χ0n) is 17.1. The fourth-order valence-corrected chi connectivity index (χ4v) is 4.02. The van der Waals surface area contributed by atoms with Crippen molar-refractivity contribution < 1.29 is 32.3 Å². The zero-order chi connectivity index (χ0) is 23.3. The Bertz CT molecular complexity index is 1110. The van der Waals surface area contributed by atoms with Crippen molar-refractivity contribution in [2.75, 3.05) is 33.2 Å². The van der Waals surface area contributed by atoms with Crippen molar-refractivity contribution in [3.8, 4) is 5.75 Å². The van der Waals surface area contributed by atoms with Crippen LogP contribution in [0.25, 0.3) is 0 Å². The Hall–Kier alpha value is -2.37. The van der Waals surface area contributed by atoms with Gasteiger partial charge in [0.15, 0.2) is 6.61 Å². The normalized spacial score (nSPS) is 11.3. The van der Waals surface area contributed by atoms with Crippen LogP contribution in [0.3, 0.4) is 0 Å². The number of hydroxylamine groups is 1. The molecule has 0 saturated carbocycles. The van der Waals surface area contributed by atoms with E-state index in [1.807, 2.05) is 0 Å². The van der Waals surface area contributed by atoms with E-state index in [1.54, 1.807) is 19.1 Å². The van der Waals surface area contributed by atoms with Crippen molar-refractivity contribution in [2.45, 2.75) is 11.8 Å². The molecule has 0 aliphatic carbocycles. The van der Waals surface area contributed by atoms with Crippen molar-refractivity contribution in [2.24, 2.45) is 0 Å². The van der Waals surface area contributed by atoms with Crippen LogP contribution in [0.15, 0.2) is 35.2 Å². The summed E-state index contributed by atoms with van der Waals surface area (Å²) in [5.41, 5.74) is 0.957. The van der Waals surface area contributed by atoms with Gasteiger partial charge >= 0.3 is 5.97 Å². The number of nitrogens with one attached hydrogen (secondary N) is 1. The summed E-state index contributed by atoms with van der Waals surface area (Å²) in [5, 5.41) is 2.92. The van der Waals surface area contributed by atoms with Crippen LogP contribution in [0, 0.1) is 6.92 Å². The van der Waals surface area contributed by atoms with Crippen LogP contribution in [0.1, 0.15) is 15.9 Å². The monoisotopic (exact) mass is 490 g/mol. The van der Waals surface area contributed by atoms with E-state index in [4.69, 9.17) is 37.5 Å². The molecular weight excluding hydrogens is 471 g/mol. The van der Waals surface area contributed by atoms with Crippen LogP contribution in [-0.2, 0) is 24.4 Å². The Morgan fingerprint density at radius 2 is 1.77 bits per heavy atom. The molecule has 0 aliphatic rings. The Balaban J connectivity index is 2.12. The zero-order valence-corrected chi connectivity index (χ0v) is 19.4. The first-order valence-electron chi connectivity index (χ1n) is 8.65. The first-order chi connectivity index (χ1) is 14.5. The van der Waals surface area contributed by atoms with E-state index >= 15 is 0 Å². The lowest BCUT2D eigenvalue weighted by Gasteiger charge is -2.15. The number of anilines is 1. The van der Waals surface area contributed by atoms with Crippen LogP contribution in [0.4, 0.5) is 5.69 Å². The highest BCUT2D eigenvalue weighted by Crippen LogP contribution is 2.31. The molecule has 0 saturated heterocycles. The molecule has 0 spiro atoms. The second kappa shape index (κ2) is 10.3. The number of ether oxygens (including phenoxy) is 2. The number of halogens is 2. The quantitative estimate of drug-likeness (QED) is 0.446. The van der Waals surface area contributed by atoms with Gasteiger partial charge in [-0.05, 0) is 36.8 Å². The van der Waals surface area contributed by atoms with Gasteiger partial charge in [-0.3, -0.25) is 9.63 Å². The van der Waals surface area contributed by atoms with Crippen LogP contribution >= 0.6 is 23.2 Å².